The summed E-state index contributed by atoms with van der Waals surface area (Å²) < 4.78 is 25.8. The third-order valence-corrected chi connectivity index (χ3v) is 4.94. The van der Waals surface area contributed by atoms with Crippen LogP contribution in [0, 0.1) is 5.82 Å². The maximum atomic E-state index is 14.0. The molecule has 1 aromatic carbocycles. The van der Waals surface area contributed by atoms with Gasteiger partial charge in [0.25, 0.3) is 0 Å². The van der Waals surface area contributed by atoms with Crippen molar-refractivity contribution in [2.24, 2.45) is 0 Å². The van der Waals surface area contributed by atoms with Crippen molar-refractivity contribution in [1.82, 2.24) is 0 Å². The number of rotatable bonds is 2. The van der Waals surface area contributed by atoms with Gasteiger partial charge in [-0.25, -0.2) is 4.39 Å². The molecule has 0 unspecified atom stereocenters. The van der Waals surface area contributed by atoms with Crippen molar-refractivity contribution in [2.45, 2.75) is 43.8 Å². The molecule has 0 aromatic heterocycles. The molecule has 0 radical (unpaired) electrons. The van der Waals surface area contributed by atoms with Gasteiger partial charge in [-0.15, -0.1) is 11.8 Å². The molecule has 6 heteroatoms. The summed E-state index contributed by atoms with van der Waals surface area (Å²) in [6.45, 7) is 7.81. The summed E-state index contributed by atoms with van der Waals surface area (Å²) in [7, 11) is -0.636. The molecular weight excluding hydrogens is 285 g/mol. The number of thioether (sulfide) groups is 1. The van der Waals surface area contributed by atoms with Crippen LogP contribution in [0.5, 0.6) is 0 Å². The molecule has 1 saturated heterocycles. The van der Waals surface area contributed by atoms with Gasteiger partial charge in [0.2, 0.25) is 0 Å². The van der Waals surface area contributed by atoms with E-state index in [1.165, 1.54) is 11.8 Å². The van der Waals surface area contributed by atoms with E-state index in [1.54, 1.807) is 12.1 Å². The molecule has 2 rings (SSSR count). The van der Waals surface area contributed by atoms with E-state index >= 15 is 0 Å². The van der Waals surface area contributed by atoms with Crippen LogP contribution >= 0.6 is 23.4 Å². The Morgan fingerprint density at radius 1 is 1.16 bits per heavy atom. The second-order valence-electron chi connectivity index (χ2n) is 5.57. The first kappa shape index (κ1) is 15.2. The van der Waals surface area contributed by atoms with Crippen LogP contribution in [0.1, 0.15) is 27.7 Å². The highest BCUT2D eigenvalue weighted by Gasteiger charge is 2.52. The van der Waals surface area contributed by atoms with E-state index in [2.05, 4.69) is 0 Å². The van der Waals surface area contributed by atoms with Gasteiger partial charge in [-0.05, 0) is 40.0 Å². The normalized spacial score (nSPS) is 20.9. The second kappa shape index (κ2) is 4.95. The molecule has 19 heavy (non-hydrogen) atoms. The van der Waals surface area contributed by atoms with Gasteiger partial charge in [0.05, 0.1) is 16.2 Å². The van der Waals surface area contributed by atoms with Gasteiger partial charge in [0.15, 0.2) is 5.82 Å². The van der Waals surface area contributed by atoms with Gasteiger partial charge in [0.1, 0.15) is 0 Å². The van der Waals surface area contributed by atoms with Crippen LogP contribution < -0.4 is 5.46 Å². The molecule has 1 aromatic rings. The van der Waals surface area contributed by atoms with Crippen molar-refractivity contribution >= 4 is 35.9 Å². The van der Waals surface area contributed by atoms with Crippen LogP contribution in [0.25, 0.3) is 0 Å². The fraction of sp³-hybridized carbons (Fsp3) is 0.538. The summed E-state index contributed by atoms with van der Waals surface area (Å²) in [4.78, 5) is 0.519. The Hall–Kier alpha value is -0.225. The lowest BCUT2D eigenvalue weighted by molar-refractivity contribution is 0.00578. The van der Waals surface area contributed by atoms with E-state index in [1.807, 2.05) is 34.0 Å². The van der Waals surface area contributed by atoms with E-state index in [0.29, 0.717) is 10.4 Å². The van der Waals surface area contributed by atoms with Gasteiger partial charge in [-0.3, -0.25) is 0 Å². The van der Waals surface area contributed by atoms with Crippen molar-refractivity contribution in [2.75, 3.05) is 6.26 Å². The first-order chi connectivity index (χ1) is 8.69. The van der Waals surface area contributed by atoms with E-state index < -0.39 is 24.1 Å². The monoisotopic (exact) mass is 302 g/mol. The van der Waals surface area contributed by atoms with Gasteiger partial charge in [-0.2, -0.15) is 0 Å². The zero-order valence-electron chi connectivity index (χ0n) is 11.7. The lowest BCUT2D eigenvalue weighted by atomic mass is 9.79. The molecule has 0 aliphatic carbocycles. The van der Waals surface area contributed by atoms with Crippen molar-refractivity contribution < 1.29 is 13.7 Å². The highest BCUT2D eigenvalue weighted by molar-refractivity contribution is 7.98. The summed E-state index contributed by atoms with van der Waals surface area (Å²) in [6.07, 6.45) is 1.81. The summed E-state index contributed by atoms with van der Waals surface area (Å²) in [6, 6.07) is 3.46. The Bertz CT molecular complexity index is 492. The van der Waals surface area contributed by atoms with Gasteiger partial charge in [-0.1, -0.05) is 17.7 Å². The van der Waals surface area contributed by atoms with Crippen molar-refractivity contribution in [3.8, 4) is 0 Å². The zero-order chi connectivity index (χ0) is 14.4. The van der Waals surface area contributed by atoms with Crippen LogP contribution in [-0.4, -0.2) is 24.6 Å². The van der Waals surface area contributed by atoms with Crippen LogP contribution in [0.4, 0.5) is 4.39 Å². The molecule has 0 bridgehead atoms. The largest absolute Gasteiger partial charge is 0.496 e. The minimum absolute atomic E-state index is 0.0744. The highest BCUT2D eigenvalue weighted by Crippen LogP contribution is 2.37. The average Bonchev–Trinajstić information content (AvgIpc) is 2.51. The van der Waals surface area contributed by atoms with E-state index in [0.717, 1.165) is 0 Å². The molecule has 0 spiro atoms. The molecule has 1 aliphatic rings. The first-order valence-electron chi connectivity index (χ1n) is 6.07. The Balaban J connectivity index is 2.38. The van der Waals surface area contributed by atoms with Crippen molar-refractivity contribution in [3.63, 3.8) is 0 Å². The molecule has 1 fully saturated rings. The smallest absolute Gasteiger partial charge is 0.399 e. The molecule has 0 N–H and O–H groups in total. The van der Waals surface area contributed by atoms with E-state index in [4.69, 9.17) is 20.9 Å². The van der Waals surface area contributed by atoms with Gasteiger partial charge < -0.3 is 9.31 Å². The van der Waals surface area contributed by atoms with Gasteiger partial charge >= 0.3 is 7.12 Å². The lowest BCUT2D eigenvalue weighted by Gasteiger charge is -2.32. The second-order valence-corrected chi connectivity index (χ2v) is 6.80. The Morgan fingerprint density at radius 3 is 2.16 bits per heavy atom. The SMILES string of the molecule is CSc1ccc(B2OC(C)(C)C(C)(C)O2)c(Cl)c1F. The Kier molecular flexibility index (Phi) is 3.96. The average molecular weight is 303 g/mol. The predicted molar refractivity (Wildman–Crippen MR) is 78.9 cm³/mol. The fourth-order valence-electron chi connectivity index (χ4n) is 1.86. The van der Waals surface area contributed by atoms with Crippen LogP contribution in [0.15, 0.2) is 17.0 Å². The molecule has 104 valence electrons. The minimum Gasteiger partial charge on any atom is -0.399 e. The van der Waals surface area contributed by atoms with E-state index in [9.17, 15) is 4.39 Å². The maximum absolute atomic E-state index is 14.0. The topological polar surface area (TPSA) is 18.5 Å². The molecule has 0 saturated carbocycles. The summed E-state index contributed by atoms with van der Waals surface area (Å²) in [5, 5.41) is 0.0744. The molecule has 2 nitrogen and oxygen atoms in total. The predicted octanol–water partition coefficient (Wildman–Crippen LogP) is 3.50. The Labute approximate surface area is 123 Å². The van der Waals surface area contributed by atoms with Crippen LogP contribution in [0.2, 0.25) is 5.02 Å². The summed E-state index contributed by atoms with van der Waals surface area (Å²) >= 11 is 7.41. The standard InChI is InChI=1S/C13H17BClFO2S/c1-12(2)13(3,4)18-14(17-12)8-6-7-9(19-5)11(16)10(8)15/h6-7H,1-5H3. The highest BCUT2D eigenvalue weighted by atomic mass is 35.5. The minimum atomic E-state index is -0.636. The van der Waals surface area contributed by atoms with Gasteiger partial charge in [0, 0.05) is 10.4 Å². The maximum Gasteiger partial charge on any atom is 0.496 e. The quantitative estimate of drug-likeness (QED) is 0.615. The third kappa shape index (κ3) is 2.53. The molecule has 1 heterocycles. The fourth-order valence-corrected chi connectivity index (χ4v) is 2.65. The third-order valence-electron chi connectivity index (χ3n) is 3.80. The van der Waals surface area contributed by atoms with Crippen LogP contribution in [-0.2, 0) is 9.31 Å². The first-order valence-corrected chi connectivity index (χ1v) is 7.67. The number of benzene rings is 1. The molecule has 0 amide bonds. The number of hydrogen-bond acceptors (Lipinski definition) is 3. The van der Waals surface area contributed by atoms with E-state index in [-0.39, 0.29) is 5.02 Å². The van der Waals surface area contributed by atoms with Crippen molar-refractivity contribution in [1.29, 1.82) is 0 Å². The Morgan fingerprint density at radius 2 is 1.68 bits per heavy atom. The number of halogens is 2. The summed E-state index contributed by atoms with van der Waals surface area (Å²) in [5.41, 5.74) is -0.388. The molecular formula is C13H17BClFO2S. The lowest BCUT2D eigenvalue weighted by Crippen LogP contribution is -2.41. The number of hydrogen-bond donors (Lipinski definition) is 0. The van der Waals surface area contributed by atoms with Crippen LogP contribution in [0.3, 0.4) is 0 Å². The summed E-state index contributed by atoms with van der Waals surface area (Å²) in [5.74, 6) is -0.415. The molecule has 0 atom stereocenters. The zero-order valence-corrected chi connectivity index (χ0v) is 13.3. The van der Waals surface area contributed by atoms with Crippen molar-refractivity contribution in [3.05, 3.63) is 23.0 Å². The molecule has 1 aliphatic heterocycles.